The molecule has 0 aliphatic heterocycles. The Hall–Kier alpha value is -2.14. The molecule has 0 atom stereocenters. The zero-order valence-corrected chi connectivity index (χ0v) is 10.9. The lowest BCUT2D eigenvalue weighted by molar-refractivity contribution is 0.0692. The van der Waals surface area contributed by atoms with Crippen LogP contribution in [0.25, 0.3) is 0 Å². The Kier molecular flexibility index (Phi) is 4.20. The Balaban J connectivity index is 2.12. The molecule has 0 radical (unpaired) electrons. The average Bonchev–Trinajstić information content (AvgIpc) is 2.41. The van der Waals surface area contributed by atoms with Crippen molar-refractivity contribution in [3.05, 3.63) is 64.2 Å². The fourth-order valence-electron chi connectivity index (χ4n) is 1.65. The lowest BCUT2D eigenvalue weighted by atomic mass is 10.1. The van der Waals surface area contributed by atoms with E-state index in [1.165, 1.54) is 24.3 Å². The molecule has 0 aliphatic rings. The summed E-state index contributed by atoms with van der Waals surface area (Å²) in [6.07, 6.45) is 0. The van der Waals surface area contributed by atoms with E-state index in [1.54, 1.807) is 6.07 Å². The van der Waals surface area contributed by atoms with Crippen LogP contribution in [0.1, 0.15) is 15.9 Å². The summed E-state index contributed by atoms with van der Waals surface area (Å²) in [5, 5.41) is 11.7. The number of carboxylic acids is 1. The third-order valence-electron chi connectivity index (χ3n) is 2.68. The summed E-state index contributed by atoms with van der Waals surface area (Å²) in [6, 6.07) is 7.95. The van der Waals surface area contributed by atoms with Gasteiger partial charge in [0.2, 0.25) is 0 Å². The number of halogens is 3. The Bertz CT molecular complexity index is 662. The minimum Gasteiger partial charge on any atom is -0.478 e. The first-order valence-corrected chi connectivity index (χ1v) is 6.06. The van der Waals surface area contributed by atoms with Crippen LogP contribution >= 0.6 is 11.6 Å². The van der Waals surface area contributed by atoms with E-state index < -0.39 is 23.2 Å². The van der Waals surface area contributed by atoms with E-state index in [9.17, 15) is 13.6 Å². The molecule has 2 rings (SSSR count). The molecule has 2 N–H and O–H groups in total. The van der Waals surface area contributed by atoms with Crippen LogP contribution in [0, 0.1) is 11.6 Å². The molecule has 3 nitrogen and oxygen atoms in total. The van der Waals surface area contributed by atoms with Crippen molar-refractivity contribution in [2.75, 3.05) is 5.32 Å². The van der Waals surface area contributed by atoms with E-state index in [1.807, 2.05) is 0 Å². The fourth-order valence-corrected chi connectivity index (χ4v) is 1.86. The van der Waals surface area contributed by atoms with E-state index >= 15 is 0 Å². The third kappa shape index (κ3) is 3.24. The van der Waals surface area contributed by atoms with Crippen LogP contribution < -0.4 is 5.32 Å². The van der Waals surface area contributed by atoms with Gasteiger partial charge in [-0.3, -0.25) is 0 Å². The minimum absolute atomic E-state index is 0.00892. The molecule has 0 fully saturated rings. The normalized spacial score (nSPS) is 10.3. The molecular formula is C14H10ClF2NO2. The summed E-state index contributed by atoms with van der Waals surface area (Å²) in [5.74, 6) is -2.64. The maximum Gasteiger partial charge on any atom is 0.338 e. The molecule has 20 heavy (non-hydrogen) atoms. The second-order valence-electron chi connectivity index (χ2n) is 4.10. The van der Waals surface area contributed by atoms with Gasteiger partial charge in [0.15, 0.2) is 0 Å². The summed E-state index contributed by atoms with van der Waals surface area (Å²) < 4.78 is 26.2. The third-order valence-corrected chi connectivity index (χ3v) is 2.97. The quantitative estimate of drug-likeness (QED) is 0.899. The van der Waals surface area contributed by atoms with Gasteiger partial charge in [0.05, 0.1) is 10.6 Å². The zero-order valence-electron chi connectivity index (χ0n) is 10.2. The van der Waals surface area contributed by atoms with Crippen LogP contribution in [0.5, 0.6) is 0 Å². The van der Waals surface area contributed by atoms with Crippen LogP contribution in [0.3, 0.4) is 0 Å². The Morgan fingerprint density at radius 3 is 2.50 bits per heavy atom. The van der Waals surface area contributed by atoms with Gasteiger partial charge in [-0.2, -0.15) is 0 Å². The highest BCUT2D eigenvalue weighted by Gasteiger charge is 2.10. The summed E-state index contributed by atoms with van der Waals surface area (Å²) in [4.78, 5) is 10.8. The Morgan fingerprint density at radius 2 is 1.85 bits per heavy atom. The molecule has 6 heteroatoms. The van der Waals surface area contributed by atoms with Crippen LogP contribution in [-0.4, -0.2) is 11.1 Å². The molecule has 0 saturated heterocycles. The molecular weight excluding hydrogens is 288 g/mol. The van der Waals surface area contributed by atoms with Crippen molar-refractivity contribution in [2.45, 2.75) is 6.54 Å². The molecule has 0 aliphatic carbocycles. The summed E-state index contributed by atoms with van der Waals surface area (Å²) in [7, 11) is 0. The van der Waals surface area contributed by atoms with Crippen LogP contribution in [0.4, 0.5) is 14.5 Å². The first-order chi connectivity index (χ1) is 9.47. The first kappa shape index (κ1) is 14.3. The van der Waals surface area contributed by atoms with Gasteiger partial charge in [-0.25, -0.2) is 13.6 Å². The van der Waals surface area contributed by atoms with Crippen LogP contribution in [-0.2, 0) is 6.54 Å². The van der Waals surface area contributed by atoms with E-state index in [0.717, 1.165) is 11.6 Å². The monoisotopic (exact) mass is 297 g/mol. The molecule has 0 spiro atoms. The predicted octanol–water partition coefficient (Wildman–Crippen LogP) is 3.93. The molecule has 0 bridgehead atoms. The molecule has 0 saturated carbocycles. The van der Waals surface area contributed by atoms with Gasteiger partial charge in [0.1, 0.15) is 11.6 Å². The lowest BCUT2D eigenvalue weighted by Gasteiger charge is -2.08. The van der Waals surface area contributed by atoms with Gasteiger partial charge in [-0.1, -0.05) is 17.7 Å². The van der Waals surface area contributed by atoms with Crippen LogP contribution in [0.2, 0.25) is 5.02 Å². The van der Waals surface area contributed by atoms with E-state index in [0.29, 0.717) is 12.2 Å². The number of hydrogen-bond acceptors (Lipinski definition) is 2. The van der Waals surface area contributed by atoms with Crippen molar-refractivity contribution in [1.29, 1.82) is 0 Å². The van der Waals surface area contributed by atoms with Crippen molar-refractivity contribution >= 4 is 23.3 Å². The number of aromatic carboxylic acids is 1. The maximum absolute atomic E-state index is 13.2. The molecule has 0 unspecified atom stereocenters. The molecule has 0 amide bonds. The highest BCUT2D eigenvalue weighted by Crippen LogP contribution is 2.19. The zero-order chi connectivity index (χ0) is 14.7. The highest BCUT2D eigenvalue weighted by atomic mass is 35.5. The van der Waals surface area contributed by atoms with E-state index in [-0.39, 0.29) is 5.02 Å². The smallest absolute Gasteiger partial charge is 0.338 e. The second kappa shape index (κ2) is 5.88. The van der Waals surface area contributed by atoms with E-state index in [4.69, 9.17) is 16.7 Å². The predicted molar refractivity (Wildman–Crippen MR) is 72.1 cm³/mol. The van der Waals surface area contributed by atoms with Gasteiger partial charge in [0, 0.05) is 12.2 Å². The molecule has 2 aromatic rings. The molecule has 0 heterocycles. The van der Waals surface area contributed by atoms with Gasteiger partial charge < -0.3 is 10.4 Å². The second-order valence-corrected chi connectivity index (χ2v) is 4.51. The van der Waals surface area contributed by atoms with Crippen molar-refractivity contribution in [3.8, 4) is 0 Å². The number of rotatable bonds is 4. The molecule has 0 aromatic heterocycles. The van der Waals surface area contributed by atoms with Crippen molar-refractivity contribution < 1.29 is 18.7 Å². The highest BCUT2D eigenvalue weighted by molar-refractivity contribution is 6.30. The van der Waals surface area contributed by atoms with Gasteiger partial charge in [0.25, 0.3) is 0 Å². The SMILES string of the molecule is O=C(O)c1cc(NCc2ccc(F)c(Cl)c2)ccc1F. The number of carbonyl (C=O) groups is 1. The number of nitrogens with one attached hydrogen (secondary N) is 1. The van der Waals surface area contributed by atoms with Gasteiger partial charge in [-0.05, 0) is 35.9 Å². The largest absolute Gasteiger partial charge is 0.478 e. The van der Waals surface area contributed by atoms with Crippen molar-refractivity contribution in [3.63, 3.8) is 0 Å². The summed E-state index contributed by atoms with van der Waals surface area (Å²) in [6.45, 7) is 0.310. The fraction of sp³-hybridized carbons (Fsp3) is 0.0714. The Morgan fingerprint density at radius 1 is 1.15 bits per heavy atom. The van der Waals surface area contributed by atoms with Crippen molar-refractivity contribution in [2.24, 2.45) is 0 Å². The number of carboxylic acid groups (broad SMARTS) is 1. The van der Waals surface area contributed by atoms with Crippen molar-refractivity contribution in [1.82, 2.24) is 0 Å². The maximum atomic E-state index is 13.2. The van der Waals surface area contributed by atoms with E-state index in [2.05, 4.69) is 5.32 Å². The number of benzene rings is 2. The number of hydrogen-bond donors (Lipinski definition) is 2. The molecule has 104 valence electrons. The Labute approximate surface area is 118 Å². The average molecular weight is 298 g/mol. The topological polar surface area (TPSA) is 49.3 Å². The van der Waals surface area contributed by atoms with Crippen LogP contribution in [0.15, 0.2) is 36.4 Å². The first-order valence-electron chi connectivity index (χ1n) is 5.68. The minimum atomic E-state index is -1.34. The molecule has 2 aromatic carbocycles. The number of anilines is 1. The van der Waals surface area contributed by atoms with Gasteiger partial charge >= 0.3 is 5.97 Å². The lowest BCUT2D eigenvalue weighted by Crippen LogP contribution is -2.04. The van der Waals surface area contributed by atoms with Gasteiger partial charge in [-0.15, -0.1) is 0 Å². The summed E-state index contributed by atoms with van der Waals surface area (Å²) >= 11 is 5.65. The standard InChI is InChI=1S/C14H10ClF2NO2/c15-11-5-8(1-3-13(11)17)7-18-9-2-4-12(16)10(6-9)14(19)20/h1-6,18H,7H2,(H,19,20). The summed E-state index contributed by atoms with van der Waals surface area (Å²) in [5.41, 5.74) is 0.758.